The molecule has 0 aromatic carbocycles. The average Bonchev–Trinajstić information content (AvgIpc) is 2.01. The third-order valence-electron chi connectivity index (χ3n) is 1.79. The molecule has 0 unspecified atom stereocenters. The van der Waals surface area contributed by atoms with Crippen LogP contribution in [0.25, 0.3) is 0 Å². The lowest BCUT2D eigenvalue weighted by Gasteiger charge is -2.11. The molecule has 0 amide bonds. The highest BCUT2D eigenvalue weighted by molar-refractivity contribution is 14.1. The molecule has 1 nitrogen and oxygen atoms in total. The van der Waals surface area contributed by atoms with Crippen molar-refractivity contribution in [3.8, 4) is 0 Å². The Balaban J connectivity index is 0. The first-order valence-corrected chi connectivity index (χ1v) is 6.13. The van der Waals surface area contributed by atoms with Crippen LogP contribution < -0.4 is 5.32 Å². The van der Waals surface area contributed by atoms with Crippen molar-refractivity contribution < 1.29 is 0 Å². The summed E-state index contributed by atoms with van der Waals surface area (Å²) in [5, 5.41) is 3.52. The summed E-state index contributed by atoms with van der Waals surface area (Å²) in [6.07, 6.45) is 5.29. The van der Waals surface area contributed by atoms with Crippen molar-refractivity contribution >= 4 is 22.6 Å². The Morgan fingerprint density at radius 3 is 2.50 bits per heavy atom. The predicted molar refractivity (Wildman–Crippen MR) is 67.2 cm³/mol. The Bertz CT molecular complexity index is 76.2. The van der Waals surface area contributed by atoms with Gasteiger partial charge in [-0.2, -0.15) is 0 Å². The Kier molecular flexibility index (Phi) is 14.8. The first kappa shape index (κ1) is 15.2. The highest BCUT2D eigenvalue weighted by atomic mass is 127. The molecule has 0 saturated heterocycles. The van der Waals surface area contributed by atoms with Gasteiger partial charge in [0.15, 0.2) is 0 Å². The second-order valence-corrected chi connectivity index (χ2v) is 4.12. The molecule has 0 aliphatic carbocycles. The van der Waals surface area contributed by atoms with E-state index in [1.165, 1.54) is 36.7 Å². The number of halogens is 1. The van der Waals surface area contributed by atoms with E-state index in [1.54, 1.807) is 0 Å². The average molecular weight is 285 g/mol. The van der Waals surface area contributed by atoms with Crippen LogP contribution in [0.2, 0.25) is 0 Å². The molecule has 1 N–H and O–H groups in total. The van der Waals surface area contributed by atoms with Crippen LogP contribution in [0.4, 0.5) is 0 Å². The van der Waals surface area contributed by atoms with Gasteiger partial charge < -0.3 is 5.32 Å². The van der Waals surface area contributed by atoms with Gasteiger partial charge in [0.05, 0.1) is 0 Å². The molecular weight excluding hydrogens is 261 g/mol. The molecule has 0 aromatic rings. The smallest absolute Gasteiger partial charge is 0.00389 e. The largest absolute Gasteiger partial charge is 0.314 e. The lowest BCUT2D eigenvalue weighted by atomic mass is 10.2. The third-order valence-corrected chi connectivity index (χ3v) is 2.56. The summed E-state index contributed by atoms with van der Waals surface area (Å²) >= 11 is 2.44. The van der Waals surface area contributed by atoms with E-state index in [4.69, 9.17) is 0 Å². The van der Waals surface area contributed by atoms with E-state index in [0.29, 0.717) is 0 Å². The number of nitrogens with one attached hydrogen (secondary N) is 1. The Labute approximate surface area is 91.8 Å². The Morgan fingerprint density at radius 2 is 2.00 bits per heavy atom. The second-order valence-electron chi connectivity index (χ2n) is 3.04. The van der Waals surface area contributed by atoms with Gasteiger partial charge in [-0.05, 0) is 37.2 Å². The maximum absolute atomic E-state index is 3.52. The zero-order chi connectivity index (χ0) is 8.53. The fraction of sp³-hybridized carbons (Fsp3) is 1.00. The fourth-order valence-electron chi connectivity index (χ4n) is 1.01. The van der Waals surface area contributed by atoms with Crippen molar-refractivity contribution in [2.24, 2.45) is 0 Å². The summed E-state index contributed by atoms with van der Waals surface area (Å²) in [5.74, 6) is 0. The van der Waals surface area contributed by atoms with Gasteiger partial charge in [-0.3, -0.25) is 0 Å². The van der Waals surface area contributed by atoms with E-state index in [0.717, 1.165) is 6.04 Å². The van der Waals surface area contributed by atoms with Crippen molar-refractivity contribution in [2.45, 2.75) is 53.0 Å². The van der Waals surface area contributed by atoms with E-state index >= 15 is 0 Å². The first-order valence-electron chi connectivity index (χ1n) is 4.60. The Morgan fingerprint density at radius 1 is 1.33 bits per heavy atom. The molecule has 0 aliphatic heterocycles. The van der Waals surface area contributed by atoms with E-state index in [1.807, 2.05) is 0 Å². The lowest BCUT2D eigenvalue weighted by molar-refractivity contribution is 0.502. The standard InChI is InChI=1S/C9H20IN.CH4/c1-3-4-8-11-9(2)6-5-7-10;/h9,11H,3-8H2,1-2H3;1H4/t9-;/m0./s1. The van der Waals surface area contributed by atoms with Crippen LogP contribution in [0, 0.1) is 0 Å². The minimum atomic E-state index is 0. The summed E-state index contributed by atoms with van der Waals surface area (Å²) < 4.78 is 1.29. The fourth-order valence-corrected chi connectivity index (χ4v) is 1.45. The van der Waals surface area contributed by atoms with Gasteiger partial charge in [-0.1, -0.05) is 43.4 Å². The molecule has 0 aromatic heterocycles. The zero-order valence-electron chi connectivity index (χ0n) is 7.70. The van der Waals surface area contributed by atoms with Crippen LogP contribution in [0.1, 0.15) is 47.0 Å². The van der Waals surface area contributed by atoms with E-state index < -0.39 is 0 Å². The van der Waals surface area contributed by atoms with Crippen LogP contribution in [-0.2, 0) is 0 Å². The molecule has 0 spiro atoms. The summed E-state index contributed by atoms with van der Waals surface area (Å²) in [4.78, 5) is 0. The second kappa shape index (κ2) is 11.7. The molecule has 0 fully saturated rings. The molecule has 76 valence electrons. The molecule has 12 heavy (non-hydrogen) atoms. The molecule has 0 bridgehead atoms. The third kappa shape index (κ3) is 10.7. The minimum absolute atomic E-state index is 0. The van der Waals surface area contributed by atoms with Crippen LogP contribution >= 0.6 is 22.6 Å². The predicted octanol–water partition coefficient (Wildman–Crippen LogP) is 3.62. The van der Waals surface area contributed by atoms with Crippen molar-refractivity contribution in [3.63, 3.8) is 0 Å². The van der Waals surface area contributed by atoms with Crippen molar-refractivity contribution in [1.82, 2.24) is 5.32 Å². The van der Waals surface area contributed by atoms with E-state index in [9.17, 15) is 0 Å². The molecule has 0 rings (SSSR count). The number of unbranched alkanes of at least 4 members (excludes halogenated alkanes) is 1. The topological polar surface area (TPSA) is 12.0 Å². The minimum Gasteiger partial charge on any atom is -0.314 e. The van der Waals surface area contributed by atoms with Crippen molar-refractivity contribution in [3.05, 3.63) is 0 Å². The molecule has 0 heterocycles. The van der Waals surface area contributed by atoms with Gasteiger partial charge in [0.1, 0.15) is 0 Å². The maximum Gasteiger partial charge on any atom is 0.00389 e. The monoisotopic (exact) mass is 285 g/mol. The van der Waals surface area contributed by atoms with Gasteiger partial charge in [0, 0.05) is 6.04 Å². The number of hydrogen-bond donors (Lipinski definition) is 1. The van der Waals surface area contributed by atoms with Gasteiger partial charge in [-0.25, -0.2) is 0 Å². The van der Waals surface area contributed by atoms with Crippen molar-refractivity contribution in [2.75, 3.05) is 11.0 Å². The first-order chi connectivity index (χ1) is 5.31. The maximum atomic E-state index is 3.52. The summed E-state index contributed by atoms with van der Waals surface area (Å²) in [5.41, 5.74) is 0. The van der Waals surface area contributed by atoms with Gasteiger partial charge in [0.25, 0.3) is 0 Å². The summed E-state index contributed by atoms with van der Waals surface area (Å²) in [6, 6.07) is 0.719. The lowest BCUT2D eigenvalue weighted by Crippen LogP contribution is -2.26. The van der Waals surface area contributed by atoms with Crippen LogP contribution in [0.3, 0.4) is 0 Å². The van der Waals surface area contributed by atoms with Crippen LogP contribution in [0.15, 0.2) is 0 Å². The van der Waals surface area contributed by atoms with Gasteiger partial charge in [-0.15, -0.1) is 0 Å². The van der Waals surface area contributed by atoms with Gasteiger partial charge in [0.2, 0.25) is 0 Å². The number of hydrogen-bond acceptors (Lipinski definition) is 1. The quantitative estimate of drug-likeness (QED) is 0.428. The highest BCUT2D eigenvalue weighted by Crippen LogP contribution is 1.99. The zero-order valence-corrected chi connectivity index (χ0v) is 9.86. The Hall–Kier alpha value is 0.690. The van der Waals surface area contributed by atoms with Gasteiger partial charge >= 0.3 is 0 Å². The molecule has 1 atom stereocenters. The molecule has 0 aliphatic rings. The number of rotatable bonds is 7. The summed E-state index contributed by atoms with van der Waals surface area (Å²) in [6.45, 7) is 5.71. The van der Waals surface area contributed by atoms with E-state index in [2.05, 4.69) is 41.8 Å². The normalized spacial score (nSPS) is 12.2. The molecular formula is C10H24IN. The molecule has 2 heteroatoms. The SMILES string of the molecule is C.CCCCN[C@@H](C)CCCI. The van der Waals surface area contributed by atoms with E-state index in [-0.39, 0.29) is 7.43 Å². The molecule has 0 saturated carbocycles. The van der Waals surface area contributed by atoms with Crippen molar-refractivity contribution in [1.29, 1.82) is 0 Å². The van der Waals surface area contributed by atoms with Crippen LogP contribution in [0.5, 0.6) is 0 Å². The molecule has 0 radical (unpaired) electrons. The highest BCUT2D eigenvalue weighted by Gasteiger charge is 1.98. The summed E-state index contributed by atoms with van der Waals surface area (Å²) in [7, 11) is 0. The number of alkyl halides is 1. The van der Waals surface area contributed by atoms with Crippen LogP contribution in [-0.4, -0.2) is 17.0 Å².